The van der Waals surface area contributed by atoms with Crippen molar-refractivity contribution in [3.8, 4) is 0 Å². The number of rotatable bonds is 30. The van der Waals surface area contributed by atoms with E-state index in [1.807, 2.05) is 11.8 Å². The van der Waals surface area contributed by atoms with Gasteiger partial charge in [-0.15, -0.1) is 0 Å². The lowest BCUT2D eigenvalue weighted by molar-refractivity contribution is -0.133. The summed E-state index contributed by atoms with van der Waals surface area (Å²) in [6.07, 6.45) is 6.97. The second-order valence-electron chi connectivity index (χ2n) is 14.8. The molecule has 57 heavy (non-hydrogen) atoms. The van der Waals surface area contributed by atoms with Crippen LogP contribution >= 0.6 is 11.8 Å². The number of amidine groups is 1. The molecule has 324 valence electrons. The van der Waals surface area contributed by atoms with Crippen molar-refractivity contribution in [1.29, 1.82) is 5.41 Å². The molecule has 0 saturated carbocycles. The summed E-state index contributed by atoms with van der Waals surface area (Å²) >= 11 is 1.81. The van der Waals surface area contributed by atoms with Crippen LogP contribution in [0.3, 0.4) is 0 Å². The Morgan fingerprint density at radius 3 is 2.23 bits per heavy atom. The van der Waals surface area contributed by atoms with Crippen LogP contribution in [0.5, 0.6) is 0 Å². The molecule has 2 heterocycles. The van der Waals surface area contributed by atoms with Crippen molar-refractivity contribution in [2.45, 2.75) is 139 Å². The Morgan fingerprint density at radius 2 is 1.53 bits per heavy atom. The SMILES string of the molecule is CNC(=O)C(CCCCNC(=O)C(N)CCCCN)NC(=O)C(CNCCC(C)=N)NC(=O)C(CCCN=C(C)N)NC(=O)CCCC[C@@H]1SC[C@@H]2NC(=O)N[C@@H]21. The molecule has 0 aromatic heterocycles. The van der Waals surface area contributed by atoms with E-state index in [0.717, 1.165) is 31.4 Å². The maximum absolute atomic E-state index is 13.8. The van der Waals surface area contributed by atoms with E-state index < -0.39 is 41.9 Å². The Bertz CT molecular complexity index is 1350. The van der Waals surface area contributed by atoms with E-state index in [0.29, 0.717) is 76.3 Å². The topological polar surface area (TPSA) is 313 Å². The average Bonchev–Trinajstić information content (AvgIpc) is 3.73. The van der Waals surface area contributed by atoms with Gasteiger partial charge >= 0.3 is 6.03 Å². The van der Waals surface area contributed by atoms with E-state index in [1.54, 1.807) is 13.8 Å². The number of likely N-dealkylation sites (N-methyl/N-ethyl adjacent to an activating group) is 1. The van der Waals surface area contributed by atoms with Gasteiger partial charge in [-0.2, -0.15) is 11.8 Å². The lowest BCUT2D eigenvalue weighted by Gasteiger charge is -2.25. The van der Waals surface area contributed by atoms with Gasteiger partial charge in [-0.1, -0.05) is 12.8 Å². The third kappa shape index (κ3) is 19.8. The Labute approximate surface area is 341 Å². The molecule has 0 aromatic carbocycles. The first-order chi connectivity index (χ1) is 27.2. The van der Waals surface area contributed by atoms with Crippen molar-refractivity contribution in [1.82, 2.24) is 42.5 Å². The normalized spacial score (nSPS) is 19.6. The van der Waals surface area contributed by atoms with Gasteiger partial charge in [0.25, 0.3) is 0 Å². The maximum atomic E-state index is 13.8. The summed E-state index contributed by atoms with van der Waals surface area (Å²) in [5.41, 5.74) is 17.6. The molecule has 0 bridgehead atoms. The van der Waals surface area contributed by atoms with Gasteiger partial charge in [-0.05, 0) is 84.6 Å². The average molecular weight is 824 g/mol. The molecule has 2 aliphatic heterocycles. The van der Waals surface area contributed by atoms with E-state index in [9.17, 15) is 28.8 Å². The molecule has 2 saturated heterocycles. The Hall–Kier alpha value is -4.01. The van der Waals surface area contributed by atoms with Gasteiger partial charge in [0.2, 0.25) is 29.5 Å². The molecule has 0 aliphatic carbocycles. The van der Waals surface area contributed by atoms with Crippen LogP contribution in [-0.4, -0.2) is 134 Å². The molecule has 0 aromatic rings. The summed E-state index contributed by atoms with van der Waals surface area (Å²) in [5.74, 6) is -0.864. The molecule has 20 heteroatoms. The summed E-state index contributed by atoms with van der Waals surface area (Å²) < 4.78 is 0. The van der Waals surface area contributed by atoms with E-state index in [-0.39, 0.29) is 61.0 Å². The van der Waals surface area contributed by atoms with Crippen LogP contribution in [0.15, 0.2) is 4.99 Å². The van der Waals surface area contributed by atoms with Gasteiger partial charge in [0.1, 0.15) is 18.1 Å². The fourth-order valence-electron chi connectivity index (χ4n) is 6.54. The number of carbonyl (C=O) groups excluding carboxylic acids is 6. The maximum Gasteiger partial charge on any atom is 0.315 e. The van der Waals surface area contributed by atoms with Crippen LogP contribution in [0, 0.1) is 5.41 Å². The minimum atomic E-state index is -1.11. The van der Waals surface area contributed by atoms with Gasteiger partial charge in [-0.3, -0.25) is 29.0 Å². The largest absolute Gasteiger partial charge is 0.388 e. The van der Waals surface area contributed by atoms with Crippen LogP contribution in [0.2, 0.25) is 0 Å². The van der Waals surface area contributed by atoms with Gasteiger partial charge in [0.15, 0.2) is 0 Å². The van der Waals surface area contributed by atoms with Crippen molar-refractivity contribution in [3.63, 3.8) is 0 Å². The van der Waals surface area contributed by atoms with Crippen molar-refractivity contribution in [2.24, 2.45) is 22.2 Å². The first kappa shape index (κ1) is 49.1. The fraction of sp³-hybridized carbons (Fsp3) is 0.784. The molecule has 7 amide bonds. The summed E-state index contributed by atoms with van der Waals surface area (Å²) in [5, 5.41) is 30.8. The number of nitrogens with one attached hydrogen (secondary N) is 9. The molecule has 4 unspecified atom stereocenters. The molecule has 2 fully saturated rings. The molecule has 15 N–H and O–H groups in total. The number of nitrogens with zero attached hydrogens (tertiary/aromatic N) is 1. The third-order valence-electron chi connectivity index (χ3n) is 9.81. The molecule has 7 atom stereocenters. The van der Waals surface area contributed by atoms with E-state index in [2.05, 4.69) is 47.5 Å². The number of hydrogen-bond acceptors (Lipinski definition) is 12. The van der Waals surface area contributed by atoms with E-state index in [1.165, 1.54) is 7.05 Å². The minimum Gasteiger partial charge on any atom is -0.388 e. The highest BCUT2D eigenvalue weighted by Crippen LogP contribution is 2.33. The van der Waals surface area contributed by atoms with Crippen molar-refractivity contribution >= 4 is 58.9 Å². The predicted octanol–water partition coefficient (Wildman–Crippen LogP) is -1.17. The van der Waals surface area contributed by atoms with Crippen LogP contribution in [0.1, 0.15) is 97.3 Å². The van der Waals surface area contributed by atoms with E-state index in [4.69, 9.17) is 22.6 Å². The quantitative estimate of drug-likeness (QED) is 0.0177. The number of carbonyl (C=O) groups is 6. The summed E-state index contributed by atoms with van der Waals surface area (Å²) in [7, 11) is 1.47. The first-order valence-corrected chi connectivity index (χ1v) is 21.3. The number of thioether (sulfide) groups is 1. The zero-order chi connectivity index (χ0) is 42.2. The number of nitrogens with two attached hydrogens (primary N) is 3. The van der Waals surface area contributed by atoms with Crippen molar-refractivity contribution < 1.29 is 28.8 Å². The van der Waals surface area contributed by atoms with Gasteiger partial charge in [-0.25, -0.2) is 4.79 Å². The summed E-state index contributed by atoms with van der Waals surface area (Å²) in [6.45, 7) is 4.98. The Morgan fingerprint density at radius 1 is 0.842 bits per heavy atom. The summed E-state index contributed by atoms with van der Waals surface area (Å²) in [4.78, 5) is 81.7. The predicted molar refractivity (Wildman–Crippen MR) is 224 cm³/mol. The number of amides is 7. The first-order valence-electron chi connectivity index (χ1n) is 20.3. The monoisotopic (exact) mass is 824 g/mol. The van der Waals surface area contributed by atoms with Gasteiger partial charge < -0.3 is 65.1 Å². The standard InChI is InChI=1S/C37H69N13O6S/c1-23(39)16-20-43-21-28(36(55)47-26(34(53)42-3)12-7-9-18-45-33(52)25(41)11-6-8-17-38)48-35(54)27(13-10-19-44-24(2)40)46-31(51)15-5-4-14-30-32-29(22-57-30)49-37(56)50-32/h25-30,32,39,43H,4-22,38,41H2,1-3H3,(H2,40,44)(H,42,53)(H,45,52)(H,46,51)(H,47,55)(H,48,54)(H2,49,50,56)/t25?,26?,27?,28?,29-,30-,32-/m0/s1. The van der Waals surface area contributed by atoms with Crippen LogP contribution in [0.25, 0.3) is 0 Å². The lowest BCUT2D eigenvalue weighted by Crippen LogP contribution is -2.59. The van der Waals surface area contributed by atoms with Crippen LogP contribution < -0.4 is 59.7 Å². The van der Waals surface area contributed by atoms with Crippen LogP contribution in [0.4, 0.5) is 4.79 Å². The lowest BCUT2D eigenvalue weighted by atomic mass is 10.0. The Balaban J connectivity index is 2.02. The highest BCUT2D eigenvalue weighted by atomic mass is 32.2. The zero-order valence-corrected chi connectivity index (χ0v) is 34.8. The minimum absolute atomic E-state index is 0.0111. The second-order valence-corrected chi connectivity index (χ2v) is 16.1. The second kappa shape index (κ2) is 27.6. The number of hydrogen-bond donors (Lipinski definition) is 12. The molecule has 2 rings (SSSR count). The summed E-state index contributed by atoms with van der Waals surface area (Å²) in [6, 6.07) is -3.53. The number of fused-ring (bicyclic) bond motifs is 1. The number of urea groups is 1. The van der Waals surface area contributed by atoms with Gasteiger partial charge in [0.05, 0.1) is 24.0 Å². The molecular formula is C37H69N13O6S. The Kier molecular flexibility index (Phi) is 23.8. The fourth-order valence-corrected chi connectivity index (χ4v) is 8.08. The highest BCUT2D eigenvalue weighted by Gasteiger charge is 2.42. The zero-order valence-electron chi connectivity index (χ0n) is 34.0. The molecule has 19 nitrogen and oxygen atoms in total. The van der Waals surface area contributed by atoms with Crippen molar-refractivity contribution in [3.05, 3.63) is 0 Å². The highest BCUT2D eigenvalue weighted by molar-refractivity contribution is 8.00. The molecule has 0 radical (unpaired) electrons. The smallest absolute Gasteiger partial charge is 0.315 e. The third-order valence-corrected chi connectivity index (χ3v) is 11.3. The molecule has 0 spiro atoms. The number of unbranched alkanes of at least 4 members (excludes halogenated alkanes) is 3. The van der Waals surface area contributed by atoms with Crippen molar-refractivity contribution in [2.75, 3.05) is 45.5 Å². The molecular weight excluding hydrogens is 755 g/mol. The molecule has 2 aliphatic rings. The van der Waals surface area contributed by atoms with Gasteiger partial charge in [0, 0.05) is 56.4 Å². The number of aliphatic imine (C=N–C) groups is 1. The van der Waals surface area contributed by atoms with Crippen LogP contribution in [-0.2, 0) is 24.0 Å². The van der Waals surface area contributed by atoms with E-state index >= 15 is 0 Å².